The maximum atomic E-state index is 12.5. The summed E-state index contributed by atoms with van der Waals surface area (Å²) in [7, 11) is 0. The summed E-state index contributed by atoms with van der Waals surface area (Å²) in [6.07, 6.45) is -0.907. The molecule has 2 unspecified atom stereocenters. The Morgan fingerprint density at radius 3 is 2.54 bits per heavy atom. The largest absolute Gasteiger partial charge is 0.477 e. The first-order valence-electron chi connectivity index (χ1n) is 6.82. The molecule has 128 valence electrons. The quantitative estimate of drug-likeness (QED) is 0.547. The van der Waals surface area contributed by atoms with Crippen LogP contribution in [-0.4, -0.2) is 45.0 Å². The highest BCUT2D eigenvalue weighted by atomic mass is 35.5. The Kier molecular flexibility index (Phi) is 4.95. The molecule has 0 saturated heterocycles. The second-order valence-corrected chi connectivity index (χ2v) is 6.96. The van der Waals surface area contributed by atoms with E-state index in [0.717, 1.165) is 6.21 Å². The first-order valence-corrected chi connectivity index (χ1v) is 7.57. The van der Waals surface area contributed by atoms with Gasteiger partial charge in [-0.2, -0.15) is 5.43 Å². The Labute approximate surface area is 147 Å². The smallest absolute Gasteiger partial charge is 0.339 e. The molecule has 2 rings (SSSR count). The molecule has 24 heavy (non-hydrogen) atoms. The summed E-state index contributed by atoms with van der Waals surface area (Å²) in [5.41, 5.74) is 2.35. The number of halogens is 2. The van der Waals surface area contributed by atoms with Crippen LogP contribution in [0.25, 0.3) is 0 Å². The highest BCUT2D eigenvalue weighted by molar-refractivity contribution is 6.34. The average molecular weight is 374 g/mol. The van der Waals surface area contributed by atoms with E-state index in [2.05, 4.69) is 10.5 Å². The average Bonchev–Trinajstić information content (AvgIpc) is 2.49. The van der Waals surface area contributed by atoms with Gasteiger partial charge in [0.25, 0.3) is 18.0 Å². The monoisotopic (exact) mass is 373 g/mol. The Morgan fingerprint density at radius 2 is 2.00 bits per heavy atom. The van der Waals surface area contributed by atoms with Crippen LogP contribution in [0.4, 0.5) is 4.79 Å². The lowest BCUT2D eigenvalue weighted by Gasteiger charge is -2.37. The summed E-state index contributed by atoms with van der Waals surface area (Å²) in [6.45, 7) is 2.86. The second-order valence-electron chi connectivity index (χ2n) is 5.58. The van der Waals surface area contributed by atoms with Crippen molar-refractivity contribution in [1.82, 2.24) is 10.7 Å². The fraction of sp³-hybridized carbons (Fsp3) is 0.286. The first kappa shape index (κ1) is 18.3. The lowest BCUT2D eigenvalue weighted by Crippen LogP contribution is -2.73. The molecule has 0 spiro atoms. The van der Waals surface area contributed by atoms with E-state index in [0.29, 0.717) is 0 Å². The van der Waals surface area contributed by atoms with Crippen LogP contribution in [-0.2, 0) is 4.79 Å². The first-order chi connectivity index (χ1) is 11.1. The van der Waals surface area contributed by atoms with Gasteiger partial charge >= 0.3 is 6.03 Å². The van der Waals surface area contributed by atoms with E-state index in [1.165, 1.54) is 26.0 Å². The van der Waals surface area contributed by atoms with Crippen LogP contribution in [0.2, 0.25) is 5.02 Å². The minimum Gasteiger partial charge on any atom is -0.339 e. The highest BCUT2D eigenvalue weighted by Crippen LogP contribution is 2.28. The Hall–Kier alpha value is -2.00. The topological polar surface area (TPSA) is 108 Å². The number of rotatable bonds is 4. The van der Waals surface area contributed by atoms with E-state index in [1.807, 2.05) is 5.32 Å². The van der Waals surface area contributed by atoms with Crippen LogP contribution in [0, 0.1) is 0 Å². The maximum absolute atomic E-state index is 12.5. The van der Waals surface area contributed by atoms with Crippen LogP contribution in [0.3, 0.4) is 0 Å². The van der Waals surface area contributed by atoms with Gasteiger partial charge < -0.3 is 5.11 Å². The molecule has 1 heterocycles. The minimum absolute atomic E-state index is 0.0659. The van der Waals surface area contributed by atoms with Crippen molar-refractivity contribution >= 4 is 47.3 Å². The van der Waals surface area contributed by atoms with Gasteiger partial charge in [-0.15, -0.1) is 11.6 Å². The SMILES string of the molecule is CC(C)(Cl)C(O)[N+]1(NC(=O)c2ccccc2Cl)N=CC(=O)NC1=O. The Morgan fingerprint density at radius 1 is 1.38 bits per heavy atom. The van der Waals surface area contributed by atoms with Crippen LogP contribution < -0.4 is 10.7 Å². The minimum atomic E-state index is -1.69. The molecule has 0 fully saturated rings. The fourth-order valence-corrected chi connectivity index (χ4v) is 2.40. The van der Waals surface area contributed by atoms with E-state index in [-0.39, 0.29) is 10.6 Å². The molecule has 10 heteroatoms. The number of alkyl halides is 1. The van der Waals surface area contributed by atoms with Crippen molar-refractivity contribution in [3.8, 4) is 0 Å². The summed E-state index contributed by atoms with van der Waals surface area (Å²) in [6, 6.07) is 5.08. The molecule has 8 nitrogen and oxygen atoms in total. The number of amides is 4. The molecule has 0 aromatic heterocycles. The van der Waals surface area contributed by atoms with Crippen molar-refractivity contribution in [1.29, 1.82) is 0 Å². The number of imide groups is 1. The number of carbonyl (C=O) groups excluding carboxylic acids is 3. The third-order valence-corrected chi connectivity index (χ3v) is 3.78. The zero-order valence-corrected chi connectivity index (χ0v) is 14.3. The number of carbonyl (C=O) groups is 3. The Bertz CT molecular complexity index is 732. The molecule has 2 atom stereocenters. The number of nitrogens with zero attached hydrogens (tertiary/aromatic N) is 2. The lowest BCUT2D eigenvalue weighted by molar-refractivity contribution is -0.939. The van der Waals surface area contributed by atoms with Gasteiger partial charge in [-0.25, -0.2) is 10.1 Å². The van der Waals surface area contributed by atoms with E-state index >= 15 is 0 Å². The predicted octanol–water partition coefficient (Wildman–Crippen LogP) is 1.37. The number of hydrogen-bond acceptors (Lipinski definition) is 5. The number of hydrogen-bond donors (Lipinski definition) is 3. The van der Waals surface area contributed by atoms with Gasteiger partial charge in [-0.05, 0) is 31.1 Å². The summed E-state index contributed by atoms with van der Waals surface area (Å²) >= 11 is 12.0. The van der Waals surface area contributed by atoms with Crippen molar-refractivity contribution in [3.05, 3.63) is 34.9 Å². The van der Waals surface area contributed by atoms with E-state index in [1.54, 1.807) is 12.1 Å². The lowest BCUT2D eigenvalue weighted by atomic mass is 10.1. The Balaban J connectivity index is 2.47. The van der Waals surface area contributed by atoms with E-state index in [9.17, 15) is 19.5 Å². The van der Waals surface area contributed by atoms with E-state index < -0.39 is 33.6 Å². The third-order valence-electron chi connectivity index (χ3n) is 3.26. The molecule has 1 aliphatic rings. The molecule has 0 aliphatic carbocycles. The third kappa shape index (κ3) is 3.41. The molecule has 0 bridgehead atoms. The van der Waals surface area contributed by atoms with Gasteiger partial charge in [0, 0.05) is 4.70 Å². The molecule has 1 aromatic carbocycles. The molecule has 4 amide bonds. The molecular weight excluding hydrogens is 359 g/mol. The summed E-state index contributed by atoms with van der Waals surface area (Å²) in [5.74, 6) is -1.55. The van der Waals surface area contributed by atoms with Crippen molar-refractivity contribution < 1.29 is 24.2 Å². The number of aliphatic hydroxyl groups is 1. The van der Waals surface area contributed by atoms with Crippen LogP contribution in [0.1, 0.15) is 24.2 Å². The summed E-state index contributed by atoms with van der Waals surface area (Å²) in [5, 5.41) is 16.3. The molecule has 1 aromatic rings. The van der Waals surface area contributed by atoms with E-state index in [4.69, 9.17) is 23.2 Å². The summed E-state index contributed by atoms with van der Waals surface area (Å²) < 4.78 is -1.34. The molecule has 3 N–H and O–H groups in total. The molecule has 0 radical (unpaired) electrons. The zero-order valence-electron chi connectivity index (χ0n) is 12.8. The van der Waals surface area contributed by atoms with Crippen molar-refractivity contribution in [2.45, 2.75) is 24.9 Å². The standard InChI is InChI=1S/C14H14Cl2N4O4/c1-14(2,16)12(23)20(13(24)18-10(21)7-17-20)19-11(22)8-5-3-4-6-9(8)15/h3-7,12,23H,1-2H3,(H-,18,19,21,22,24)/p+1. The van der Waals surface area contributed by atoms with Gasteiger partial charge in [0.15, 0.2) is 6.21 Å². The number of aliphatic hydroxyl groups excluding tert-OH is 1. The fourth-order valence-electron chi connectivity index (χ4n) is 2.04. The number of benzene rings is 1. The number of urea groups is 1. The van der Waals surface area contributed by atoms with Crippen molar-refractivity contribution in [3.63, 3.8) is 0 Å². The number of nitrogens with one attached hydrogen (secondary N) is 2. The van der Waals surface area contributed by atoms with Crippen LogP contribution in [0.15, 0.2) is 29.4 Å². The maximum Gasteiger partial charge on any atom is 0.477 e. The van der Waals surface area contributed by atoms with Crippen LogP contribution >= 0.6 is 23.2 Å². The van der Waals surface area contributed by atoms with Gasteiger partial charge in [-0.3, -0.25) is 9.59 Å². The summed E-state index contributed by atoms with van der Waals surface area (Å²) in [4.78, 5) is 34.8. The highest BCUT2D eigenvalue weighted by Gasteiger charge is 2.56. The molecule has 0 saturated carbocycles. The zero-order chi connectivity index (χ0) is 18.1. The molecular formula is C14H15Cl2N4O4+. The van der Waals surface area contributed by atoms with Crippen molar-refractivity contribution in [2.75, 3.05) is 0 Å². The normalized spacial score (nSPS) is 22.0. The van der Waals surface area contributed by atoms with Gasteiger partial charge in [0.2, 0.25) is 0 Å². The predicted molar refractivity (Wildman–Crippen MR) is 87.1 cm³/mol. The van der Waals surface area contributed by atoms with Crippen molar-refractivity contribution in [2.24, 2.45) is 5.10 Å². The van der Waals surface area contributed by atoms with Gasteiger partial charge in [0.1, 0.15) is 4.87 Å². The van der Waals surface area contributed by atoms with Gasteiger partial charge in [0.05, 0.1) is 10.6 Å². The second kappa shape index (κ2) is 6.48. The molecule has 1 aliphatic heterocycles. The van der Waals surface area contributed by atoms with Gasteiger partial charge in [-0.1, -0.05) is 23.7 Å². The number of quaternary nitrogens is 1. The van der Waals surface area contributed by atoms with Crippen LogP contribution in [0.5, 0.6) is 0 Å².